The van der Waals surface area contributed by atoms with Crippen LogP contribution in [0, 0.1) is 6.92 Å². The van der Waals surface area contributed by atoms with Gasteiger partial charge in [0.05, 0.1) is 34.6 Å². The van der Waals surface area contributed by atoms with E-state index in [2.05, 4.69) is 15.5 Å². The molecular weight excluding hydrogens is 493 g/mol. The predicted octanol–water partition coefficient (Wildman–Crippen LogP) is 7.10. The van der Waals surface area contributed by atoms with Gasteiger partial charge in [-0.2, -0.15) is 5.10 Å². The third kappa shape index (κ3) is 5.56. The Balaban J connectivity index is 1.44. The van der Waals surface area contributed by atoms with E-state index in [1.165, 1.54) is 30.6 Å². The first-order valence-electron chi connectivity index (χ1n) is 10.1. The van der Waals surface area contributed by atoms with Gasteiger partial charge >= 0.3 is 5.97 Å². The van der Waals surface area contributed by atoms with Gasteiger partial charge in [0.1, 0.15) is 0 Å². The predicted molar refractivity (Wildman–Crippen MR) is 138 cm³/mol. The van der Waals surface area contributed by atoms with Crippen molar-refractivity contribution in [2.45, 2.75) is 6.92 Å². The zero-order valence-electron chi connectivity index (χ0n) is 18.2. The Kier molecular flexibility index (Phi) is 7.47. The van der Waals surface area contributed by atoms with Crippen molar-refractivity contribution in [3.63, 3.8) is 0 Å². The van der Waals surface area contributed by atoms with Crippen molar-refractivity contribution in [1.29, 1.82) is 0 Å². The number of halogens is 2. The lowest BCUT2D eigenvalue weighted by Crippen LogP contribution is -2.09. The summed E-state index contributed by atoms with van der Waals surface area (Å²) in [5, 5.41) is 5.59. The second-order valence-corrected chi connectivity index (χ2v) is 9.11. The molecule has 0 aliphatic heterocycles. The number of hydrazone groups is 1. The second-order valence-electron chi connectivity index (χ2n) is 7.09. The molecule has 172 valence electrons. The lowest BCUT2D eigenvalue weighted by Gasteiger charge is -2.10. The molecule has 6 nitrogen and oxygen atoms in total. The fourth-order valence-electron chi connectivity index (χ4n) is 3.10. The molecule has 0 amide bonds. The summed E-state index contributed by atoms with van der Waals surface area (Å²) in [6, 6.07) is 19.6. The number of anilines is 1. The molecule has 3 aromatic carbocycles. The van der Waals surface area contributed by atoms with Gasteiger partial charge in [0.15, 0.2) is 11.5 Å². The number of aromatic nitrogens is 1. The van der Waals surface area contributed by atoms with Crippen LogP contribution in [0.25, 0.3) is 11.3 Å². The van der Waals surface area contributed by atoms with Crippen LogP contribution in [0.15, 0.2) is 71.8 Å². The molecule has 0 saturated heterocycles. The van der Waals surface area contributed by atoms with Gasteiger partial charge in [-0.15, -0.1) is 11.3 Å². The molecule has 1 aromatic heterocycles. The van der Waals surface area contributed by atoms with E-state index in [-0.39, 0.29) is 16.3 Å². The molecular formula is C25H19Cl2N3O3S. The Morgan fingerprint density at radius 2 is 1.82 bits per heavy atom. The summed E-state index contributed by atoms with van der Waals surface area (Å²) < 4.78 is 10.9. The van der Waals surface area contributed by atoms with Crippen molar-refractivity contribution in [3.05, 3.63) is 92.8 Å². The number of rotatable bonds is 7. The van der Waals surface area contributed by atoms with E-state index in [4.69, 9.17) is 32.7 Å². The van der Waals surface area contributed by atoms with Crippen LogP contribution in [0.5, 0.6) is 11.5 Å². The van der Waals surface area contributed by atoms with Gasteiger partial charge in [0.2, 0.25) is 5.13 Å². The minimum absolute atomic E-state index is 0.270. The molecule has 9 heteroatoms. The minimum atomic E-state index is -0.576. The van der Waals surface area contributed by atoms with Gasteiger partial charge in [-0.3, -0.25) is 5.43 Å². The highest BCUT2D eigenvalue weighted by atomic mass is 35.5. The number of ether oxygens (including phenoxy) is 2. The molecule has 0 saturated carbocycles. The topological polar surface area (TPSA) is 72.8 Å². The van der Waals surface area contributed by atoms with Crippen molar-refractivity contribution < 1.29 is 14.3 Å². The second kappa shape index (κ2) is 10.7. The first-order chi connectivity index (χ1) is 16.4. The van der Waals surface area contributed by atoms with Crippen LogP contribution in [0.3, 0.4) is 0 Å². The number of thiazole rings is 1. The molecule has 4 rings (SSSR count). The molecule has 0 atom stereocenters. The zero-order chi connectivity index (χ0) is 24.1. The van der Waals surface area contributed by atoms with Crippen LogP contribution < -0.4 is 14.9 Å². The molecule has 4 aromatic rings. The van der Waals surface area contributed by atoms with Crippen LogP contribution in [0.1, 0.15) is 20.8 Å². The Labute approximate surface area is 210 Å². The van der Waals surface area contributed by atoms with Gasteiger partial charge < -0.3 is 9.47 Å². The van der Waals surface area contributed by atoms with Crippen LogP contribution in [0.4, 0.5) is 5.13 Å². The molecule has 34 heavy (non-hydrogen) atoms. The molecule has 0 aliphatic rings. The number of carbonyl (C=O) groups excluding carboxylic acids is 1. The van der Waals surface area contributed by atoms with Crippen LogP contribution in [-0.2, 0) is 0 Å². The molecule has 0 bridgehead atoms. The van der Waals surface area contributed by atoms with Gasteiger partial charge in [-0.25, -0.2) is 9.78 Å². The minimum Gasteiger partial charge on any atom is -0.493 e. The Hall–Kier alpha value is -3.39. The summed E-state index contributed by atoms with van der Waals surface area (Å²) >= 11 is 13.4. The zero-order valence-corrected chi connectivity index (χ0v) is 20.5. The SMILES string of the molecule is COc1cc(/C=N\Nc2nc(-c3ccccc3)c(C)s2)ccc1OC(=O)c1ccc(Cl)c(Cl)c1. The maximum absolute atomic E-state index is 12.5. The monoisotopic (exact) mass is 511 g/mol. The number of hydrogen-bond acceptors (Lipinski definition) is 7. The highest BCUT2D eigenvalue weighted by molar-refractivity contribution is 7.16. The maximum Gasteiger partial charge on any atom is 0.343 e. The number of nitrogens with one attached hydrogen (secondary N) is 1. The van der Waals surface area contributed by atoms with Crippen LogP contribution in [0.2, 0.25) is 10.0 Å². The van der Waals surface area contributed by atoms with Gasteiger partial charge in [0.25, 0.3) is 0 Å². The highest BCUT2D eigenvalue weighted by Crippen LogP contribution is 2.31. The van der Waals surface area contributed by atoms with Crippen molar-refractivity contribution in [1.82, 2.24) is 4.98 Å². The highest BCUT2D eigenvalue weighted by Gasteiger charge is 2.14. The van der Waals surface area contributed by atoms with Crippen LogP contribution in [-0.4, -0.2) is 24.3 Å². The normalized spacial score (nSPS) is 10.9. The number of benzene rings is 3. The van der Waals surface area contributed by atoms with Gasteiger partial charge in [0, 0.05) is 10.4 Å². The summed E-state index contributed by atoms with van der Waals surface area (Å²) in [6.45, 7) is 2.03. The lowest BCUT2D eigenvalue weighted by atomic mass is 10.1. The number of esters is 1. The molecule has 1 N–H and O–H groups in total. The van der Waals surface area contributed by atoms with Gasteiger partial charge in [-0.1, -0.05) is 53.5 Å². The van der Waals surface area contributed by atoms with Crippen LogP contribution >= 0.6 is 34.5 Å². The van der Waals surface area contributed by atoms with Crippen molar-refractivity contribution >= 4 is 51.9 Å². The Morgan fingerprint density at radius 1 is 1.03 bits per heavy atom. The number of nitrogens with zero attached hydrogens (tertiary/aromatic N) is 2. The van der Waals surface area contributed by atoms with Crippen molar-refractivity contribution in [2.75, 3.05) is 12.5 Å². The van der Waals surface area contributed by atoms with E-state index in [0.717, 1.165) is 21.7 Å². The number of aryl methyl sites for hydroxylation is 1. The average molecular weight is 512 g/mol. The van der Waals surface area contributed by atoms with E-state index < -0.39 is 5.97 Å². The van der Waals surface area contributed by atoms with Gasteiger partial charge in [-0.05, 0) is 48.9 Å². The fourth-order valence-corrected chi connectivity index (χ4v) is 4.18. The Bertz CT molecular complexity index is 1360. The number of hydrogen-bond donors (Lipinski definition) is 1. The number of carbonyl (C=O) groups is 1. The molecule has 0 spiro atoms. The largest absolute Gasteiger partial charge is 0.493 e. The first kappa shape index (κ1) is 23.8. The van der Waals surface area contributed by atoms with Crippen molar-refractivity contribution in [2.24, 2.45) is 5.10 Å². The molecule has 0 unspecified atom stereocenters. The molecule has 0 radical (unpaired) electrons. The first-order valence-corrected chi connectivity index (χ1v) is 11.7. The Morgan fingerprint density at radius 3 is 2.56 bits per heavy atom. The molecule has 0 aliphatic carbocycles. The van der Waals surface area contributed by atoms with E-state index in [0.29, 0.717) is 15.9 Å². The van der Waals surface area contributed by atoms with E-state index in [1.807, 2.05) is 37.3 Å². The fraction of sp³-hybridized carbons (Fsp3) is 0.0800. The standard InChI is InChI=1S/C25H19Cl2N3O3S/c1-15-23(17-6-4-3-5-7-17)29-25(34-15)30-28-14-16-8-11-21(22(12-16)32-2)33-24(31)18-9-10-19(26)20(27)13-18/h3-14H,1-2H3,(H,29,30)/b28-14-. The van der Waals surface area contributed by atoms with E-state index in [9.17, 15) is 4.79 Å². The molecule has 0 fully saturated rings. The lowest BCUT2D eigenvalue weighted by molar-refractivity contribution is 0.0729. The maximum atomic E-state index is 12.5. The summed E-state index contributed by atoms with van der Waals surface area (Å²) in [7, 11) is 1.49. The summed E-state index contributed by atoms with van der Waals surface area (Å²) in [5.41, 5.74) is 5.98. The third-order valence-electron chi connectivity index (χ3n) is 4.76. The van der Waals surface area contributed by atoms with E-state index >= 15 is 0 Å². The quantitative estimate of drug-likeness (QED) is 0.124. The summed E-state index contributed by atoms with van der Waals surface area (Å²) in [6.07, 6.45) is 1.63. The smallest absolute Gasteiger partial charge is 0.343 e. The van der Waals surface area contributed by atoms with Crippen molar-refractivity contribution in [3.8, 4) is 22.8 Å². The number of methoxy groups -OCH3 is 1. The average Bonchev–Trinajstić information content (AvgIpc) is 3.22. The summed E-state index contributed by atoms with van der Waals surface area (Å²) in [5.74, 6) is 0.0776. The van der Waals surface area contributed by atoms with E-state index in [1.54, 1.807) is 30.5 Å². The third-order valence-corrected chi connectivity index (χ3v) is 6.38. The molecule has 1 heterocycles. The summed E-state index contributed by atoms with van der Waals surface area (Å²) in [4.78, 5) is 18.2.